The van der Waals surface area contributed by atoms with Gasteiger partial charge in [-0.25, -0.2) is 0 Å². The summed E-state index contributed by atoms with van der Waals surface area (Å²) in [5.41, 5.74) is 1.82. The summed E-state index contributed by atoms with van der Waals surface area (Å²) in [6.45, 7) is 4.32. The molecule has 0 spiro atoms. The molecule has 4 heteroatoms. The molecule has 0 radical (unpaired) electrons. The van der Waals surface area contributed by atoms with Crippen molar-refractivity contribution >= 4 is 28.8 Å². The van der Waals surface area contributed by atoms with Gasteiger partial charge in [-0.1, -0.05) is 19.1 Å². The van der Waals surface area contributed by atoms with Gasteiger partial charge in [-0.3, -0.25) is 0 Å². The molecule has 0 saturated heterocycles. The molecule has 0 fully saturated rings. The van der Waals surface area contributed by atoms with E-state index >= 15 is 0 Å². The van der Waals surface area contributed by atoms with E-state index in [1.54, 1.807) is 23.1 Å². The van der Waals surface area contributed by atoms with Crippen molar-refractivity contribution in [3.63, 3.8) is 0 Å². The van der Waals surface area contributed by atoms with Crippen molar-refractivity contribution in [1.82, 2.24) is 0 Å². The SMILES string of the molecule is CCSc1cccc(N(C)C(C)Cc2cccs2)c1C#N. The van der Waals surface area contributed by atoms with Gasteiger partial charge in [0.05, 0.1) is 11.3 Å². The van der Waals surface area contributed by atoms with Gasteiger partial charge in [0.2, 0.25) is 0 Å². The van der Waals surface area contributed by atoms with Crippen LogP contribution >= 0.6 is 23.1 Å². The van der Waals surface area contributed by atoms with E-state index in [2.05, 4.69) is 49.4 Å². The monoisotopic (exact) mass is 316 g/mol. The van der Waals surface area contributed by atoms with E-state index in [1.807, 2.05) is 18.2 Å². The largest absolute Gasteiger partial charge is 0.370 e. The van der Waals surface area contributed by atoms with E-state index < -0.39 is 0 Å². The maximum Gasteiger partial charge on any atom is 0.103 e. The molecule has 1 aromatic carbocycles. The van der Waals surface area contributed by atoms with E-state index in [0.717, 1.165) is 28.3 Å². The summed E-state index contributed by atoms with van der Waals surface area (Å²) in [4.78, 5) is 4.68. The molecule has 110 valence electrons. The third-order valence-electron chi connectivity index (χ3n) is 3.53. The first-order valence-corrected chi connectivity index (χ1v) is 8.95. The van der Waals surface area contributed by atoms with Crippen LogP contribution in [0.2, 0.25) is 0 Å². The molecule has 1 unspecified atom stereocenters. The van der Waals surface area contributed by atoms with Crippen LogP contribution in [0.3, 0.4) is 0 Å². The van der Waals surface area contributed by atoms with Crippen LogP contribution in [0.5, 0.6) is 0 Å². The molecule has 2 aromatic rings. The first-order chi connectivity index (χ1) is 10.2. The molecule has 0 N–H and O–H groups in total. The van der Waals surface area contributed by atoms with Crippen molar-refractivity contribution in [3.05, 3.63) is 46.2 Å². The Kier molecular flexibility index (Phi) is 5.72. The predicted molar refractivity (Wildman–Crippen MR) is 93.4 cm³/mol. The molecule has 0 bridgehead atoms. The zero-order valence-corrected chi connectivity index (χ0v) is 14.3. The maximum absolute atomic E-state index is 9.53. The summed E-state index contributed by atoms with van der Waals surface area (Å²) >= 11 is 3.52. The van der Waals surface area contributed by atoms with Crippen molar-refractivity contribution in [2.45, 2.75) is 31.2 Å². The minimum absolute atomic E-state index is 0.359. The lowest BCUT2D eigenvalue weighted by molar-refractivity contribution is 0.687. The molecule has 2 nitrogen and oxygen atoms in total. The number of anilines is 1. The normalized spacial score (nSPS) is 11.9. The fourth-order valence-electron chi connectivity index (χ4n) is 2.30. The number of hydrogen-bond donors (Lipinski definition) is 0. The average molecular weight is 316 g/mol. The van der Waals surface area contributed by atoms with Crippen molar-refractivity contribution in [2.24, 2.45) is 0 Å². The highest BCUT2D eigenvalue weighted by Crippen LogP contribution is 2.31. The summed E-state index contributed by atoms with van der Waals surface area (Å²) < 4.78 is 0. The van der Waals surface area contributed by atoms with Crippen molar-refractivity contribution in [1.29, 1.82) is 5.26 Å². The van der Waals surface area contributed by atoms with Gasteiger partial charge in [0.1, 0.15) is 6.07 Å². The lowest BCUT2D eigenvalue weighted by atomic mass is 10.1. The third kappa shape index (κ3) is 3.81. The molecule has 0 amide bonds. The minimum atomic E-state index is 0.359. The molecule has 2 rings (SSSR count). The quantitative estimate of drug-likeness (QED) is 0.716. The van der Waals surface area contributed by atoms with Crippen molar-refractivity contribution in [3.8, 4) is 6.07 Å². The van der Waals surface area contributed by atoms with E-state index in [4.69, 9.17) is 0 Å². The number of nitriles is 1. The Morgan fingerprint density at radius 2 is 2.14 bits per heavy atom. The average Bonchev–Trinajstić information content (AvgIpc) is 2.99. The summed E-state index contributed by atoms with van der Waals surface area (Å²) in [5.74, 6) is 0.979. The molecule has 1 aromatic heterocycles. The summed E-state index contributed by atoms with van der Waals surface area (Å²) in [6.07, 6.45) is 1.00. The first kappa shape index (κ1) is 15.9. The topological polar surface area (TPSA) is 27.0 Å². The van der Waals surface area contributed by atoms with Gasteiger partial charge < -0.3 is 4.90 Å². The second kappa shape index (κ2) is 7.53. The van der Waals surface area contributed by atoms with Crippen LogP contribution in [0.15, 0.2) is 40.6 Å². The first-order valence-electron chi connectivity index (χ1n) is 7.08. The number of hydrogen-bond acceptors (Lipinski definition) is 4. The van der Waals surface area contributed by atoms with Gasteiger partial charge in [0.15, 0.2) is 0 Å². The maximum atomic E-state index is 9.53. The molecule has 0 aliphatic rings. The lowest BCUT2D eigenvalue weighted by Crippen LogP contribution is -2.31. The molecule has 21 heavy (non-hydrogen) atoms. The Morgan fingerprint density at radius 1 is 1.33 bits per heavy atom. The summed E-state index contributed by atoms with van der Waals surface area (Å²) in [5, 5.41) is 11.6. The van der Waals surface area contributed by atoms with Gasteiger partial charge in [0, 0.05) is 29.3 Å². The van der Waals surface area contributed by atoms with Crippen LogP contribution in [-0.4, -0.2) is 18.8 Å². The van der Waals surface area contributed by atoms with Crippen LogP contribution in [0.4, 0.5) is 5.69 Å². The Hall–Kier alpha value is -1.44. The lowest BCUT2D eigenvalue weighted by Gasteiger charge is -2.28. The van der Waals surface area contributed by atoms with E-state index in [-0.39, 0.29) is 0 Å². The van der Waals surface area contributed by atoms with Crippen LogP contribution in [0, 0.1) is 11.3 Å². The highest BCUT2D eigenvalue weighted by atomic mass is 32.2. The second-order valence-electron chi connectivity index (χ2n) is 4.94. The van der Waals surface area contributed by atoms with Gasteiger partial charge >= 0.3 is 0 Å². The van der Waals surface area contributed by atoms with E-state index in [0.29, 0.717) is 6.04 Å². The number of likely N-dealkylation sites (N-methyl/N-ethyl adjacent to an activating group) is 1. The minimum Gasteiger partial charge on any atom is -0.370 e. The number of thiophene rings is 1. The second-order valence-corrected chi connectivity index (χ2v) is 7.28. The van der Waals surface area contributed by atoms with Gasteiger partial charge in [0.25, 0.3) is 0 Å². The van der Waals surface area contributed by atoms with Crippen LogP contribution in [-0.2, 0) is 6.42 Å². The van der Waals surface area contributed by atoms with Crippen molar-refractivity contribution < 1.29 is 0 Å². The van der Waals surface area contributed by atoms with E-state index in [9.17, 15) is 5.26 Å². The van der Waals surface area contributed by atoms with Crippen LogP contribution < -0.4 is 4.90 Å². The Labute approximate surface area is 135 Å². The van der Waals surface area contributed by atoms with Gasteiger partial charge in [-0.15, -0.1) is 23.1 Å². The zero-order chi connectivity index (χ0) is 15.2. The standard InChI is InChI=1S/C17H20N2S2/c1-4-20-17-9-5-8-16(15(17)12-18)19(3)13(2)11-14-7-6-10-21-14/h5-10,13H,4,11H2,1-3H3. The fourth-order valence-corrected chi connectivity index (χ4v) is 3.90. The molecule has 1 atom stereocenters. The van der Waals surface area contributed by atoms with E-state index in [1.165, 1.54) is 4.88 Å². The Morgan fingerprint density at radius 3 is 2.76 bits per heavy atom. The molecular weight excluding hydrogens is 296 g/mol. The Balaban J connectivity index is 2.24. The predicted octanol–water partition coefficient (Wildman–Crippen LogP) is 4.80. The smallest absolute Gasteiger partial charge is 0.103 e. The highest BCUT2D eigenvalue weighted by Gasteiger charge is 2.16. The van der Waals surface area contributed by atoms with Crippen LogP contribution in [0.1, 0.15) is 24.3 Å². The fraction of sp³-hybridized carbons (Fsp3) is 0.353. The van der Waals surface area contributed by atoms with Crippen molar-refractivity contribution in [2.75, 3.05) is 17.7 Å². The Bertz CT molecular complexity index is 614. The van der Waals surface area contributed by atoms with Gasteiger partial charge in [-0.05, 0) is 36.3 Å². The summed E-state index contributed by atoms with van der Waals surface area (Å²) in [6, 6.07) is 13.1. The highest BCUT2D eigenvalue weighted by molar-refractivity contribution is 7.99. The van der Waals surface area contributed by atoms with Gasteiger partial charge in [-0.2, -0.15) is 5.26 Å². The molecule has 0 aliphatic carbocycles. The number of benzene rings is 1. The third-order valence-corrected chi connectivity index (χ3v) is 5.37. The number of rotatable bonds is 6. The zero-order valence-electron chi connectivity index (χ0n) is 12.7. The molecule has 1 heterocycles. The number of nitrogens with zero attached hydrogens (tertiary/aromatic N) is 2. The summed E-state index contributed by atoms with van der Waals surface area (Å²) in [7, 11) is 2.08. The number of thioether (sulfide) groups is 1. The molecule has 0 saturated carbocycles. The van der Waals surface area contributed by atoms with Crippen LogP contribution in [0.25, 0.3) is 0 Å². The molecular formula is C17H20N2S2. The molecule has 0 aliphatic heterocycles.